The molecule has 0 aliphatic rings. The van der Waals surface area contributed by atoms with Crippen molar-refractivity contribution in [3.8, 4) is 0 Å². The quantitative estimate of drug-likeness (QED) is 0.851. The number of carbonyl (C=O) groups excluding carboxylic acids is 2. The smallest absolute Gasteiger partial charge is 0.241 e. The van der Waals surface area contributed by atoms with Crippen LogP contribution in [0.4, 0.5) is 5.69 Å². The molecule has 1 atom stereocenters. The molecule has 3 N–H and O–H groups in total. The second-order valence-electron chi connectivity index (χ2n) is 5.95. The Morgan fingerprint density at radius 3 is 2.21 bits per heavy atom. The molecule has 0 aliphatic carbocycles. The summed E-state index contributed by atoms with van der Waals surface area (Å²) in [6, 6.07) is 16.3. The van der Waals surface area contributed by atoms with Gasteiger partial charge in [0.15, 0.2) is 0 Å². The molecule has 5 nitrogen and oxygen atoms in total. The van der Waals surface area contributed by atoms with Gasteiger partial charge >= 0.3 is 0 Å². The van der Waals surface area contributed by atoms with Crippen LogP contribution in [0.5, 0.6) is 0 Å². The van der Waals surface area contributed by atoms with E-state index in [2.05, 4.69) is 5.32 Å². The van der Waals surface area contributed by atoms with Gasteiger partial charge in [-0.3, -0.25) is 9.59 Å². The van der Waals surface area contributed by atoms with Crippen LogP contribution < -0.4 is 11.1 Å². The molecule has 1 unspecified atom stereocenters. The van der Waals surface area contributed by atoms with E-state index in [-0.39, 0.29) is 11.8 Å². The minimum absolute atomic E-state index is 0.0386. The Kier molecular flexibility index (Phi) is 6.09. The summed E-state index contributed by atoms with van der Waals surface area (Å²) in [5.41, 5.74) is 8.56. The first-order valence-corrected chi connectivity index (χ1v) is 7.85. The number of amides is 2. The standard InChI is InChI=1S/C19H23N3O2/c1-22(2)18(23)13-15-8-10-16(11-9-15)21-19(24)17(20)12-14-6-4-3-5-7-14/h3-11,17H,12-13,20H2,1-2H3,(H,21,24). The Morgan fingerprint density at radius 2 is 1.62 bits per heavy atom. The SMILES string of the molecule is CN(C)C(=O)Cc1ccc(NC(=O)C(N)Cc2ccccc2)cc1. The number of hydrogen-bond donors (Lipinski definition) is 2. The van der Waals surface area contributed by atoms with Gasteiger partial charge in [0, 0.05) is 19.8 Å². The van der Waals surface area contributed by atoms with E-state index in [9.17, 15) is 9.59 Å². The van der Waals surface area contributed by atoms with Gasteiger partial charge < -0.3 is 16.0 Å². The van der Waals surface area contributed by atoms with E-state index in [0.29, 0.717) is 18.5 Å². The van der Waals surface area contributed by atoms with E-state index < -0.39 is 6.04 Å². The fourth-order valence-corrected chi connectivity index (χ4v) is 2.23. The Balaban J connectivity index is 1.90. The lowest BCUT2D eigenvalue weighted by molar-refractivity contribution is -0.128. The summed E-state index contributed by atoms with van der Waals surface area (Å²) in [4.78, 5) is 25.4. The first-order valence-electron chi connectivity index (χ1n) is 7.85. The highest BCUT2D eigenvalue weighted by molar-refractivity contribution is 5.94. The molecule has 0 fully saturated rings. The molecule has 2 rings (SSSR count). The van der Waals surface area contributed by atoms with Gasteiger partial charge in [-0.1, -0.05) is 42.5 Å². The van der Waals surface area contributed by atoms with Crippen LogP contribution in [0.15, 0.2) is 54.6 Å². The van der Waals surface area contributed by atoms with Crippen LogP contribution in [-0.4, -0.2) is 36.9 Å². The van der Waals surface area contributed by atoms with Crippen molar-refractivity contribution in [2.75, 3.05) is 19.4 Å². The topological polar surface area (TPSA) is 75.4 Å². The molecule has 2 aromatic rings. The number of rotatable bonds is 6. The highest BCUT2D eigenvalue weighted by Crippen LogP contribution is 2.12. The molecular weight excluding hydrogens is 302 g/mol. The maximum Gasteiger partial charge on any atom is 0.241 e. The third kappa shape index (κ3) is 5.21. The lowest BCUT2D eigenvalue weighted by Crippen LogP contribution is -2.37. The zero-order valence-electron chi connectivity index (χ0n) is 14.0. The third-order valence-corrected chi connectivity index (χ3v) is 3.71. The number of likely N-dealkylation sites (N-methyl/N-ethyl adjacent to an activating group) is 1. The maximum atomic E-state index is 12.2. The molecule has 0 radical (unpaired) electrons. The summed E-state index contributed by atoms with van der Waals surface area (Å²) < 4.78 is 0. The zero-order chi connectivity index (χ0) is 17.5. The number of carbonyl (C=O) groups is 2. The van der Waals surface area contributed by atoms with Gasteiger partial charge in [0.05, 0.1) is 12.5 Å². The van der Waals surface area contributed by atoms with Gasteiger partial charge in [-0.25, -0.2) is 0 Å². The van der Waals surface area contributed by atoms with Crippen molar-refractivity contribution >= 4 is 17.5 Å². The maximum absolute atomic E-state index is 12.2. The molecule has 126 valence electrons. The zero-order valence-corrected chi connectivity index (χ0v) is 14.0. The fraction of sp³-hybridized carbons (Fsp3) is 0.263. The van der Waals surface area contributed by atoms with E-state index in [0.717, 1.165) is 11.1 Å². The molecule has 0 heterocycles. The van der Waals surface area contributed by atoms with Gasteiger partial charge in [0.1, 0.15) is 0 Å². The molecular formula is C19H23N3O2. The number of benzene rings is 2. The van der Waals surface area contributed by atoms with Gasteiger partial charge in [0.2, 0.25) is 11.8 Å². The first-order chi connectivity index (χ1) is 11.5. The summed E-state index contributed by atoms with van der Waals surface area (Å²) in [6.07, 6.45) is 0.830. The van der Waals surface area contributed by atoms with Gasteiger partial charge in [-0.15, -0.1) is 0 Å². The average molecular weight is 325 g/mol. The minimum Gasteiger partial charge on any atom is -0.349 e. The summed E-state index contributed by atoms with van der Waals surface area (Å²) in [6.45, 7) is 0. The number of anilines is 1. The van der Waals surface area contributed by atoms with E-state index in [1.54, 1.807) is 31.1 Å². The Labute approximate surface area is 142 Å². The second kappa shape index (κ2) is 8.26. The Bertz CT molecular complexity index is 682. The van der Waals surface area contributed by atoms with Crippen LogP contribution in [0.25, 0.3) is 0 Å². The summed E-state index contributed by atoms with van der Waals surface area (Å²) in [7, 11) is 3.45. The van der Waals surface area contributed by atoms with E-state index in [4.69, 9.17) is 5.73 Å². The van der Waals surface area contributed by atoms with Crippen molar-refractivity contribution in [1.82, 2.24) is 4.90 Å². The van der Waals surface area contributed by atoms with Crippen molar-refractivity contribution in [2.24, 2.45) is 5.73 Å². The predicted molar refractivity (Wildman–Crippen MR) is 95.6 cm³/mol. The van der Waals surface area contributed by atoms with E-state index >= 15 is 0 Å². The number of hydrogen-bond acceptors (Lipinski definition) is 3. The number of nitrogens with two attached hydrogens (primary N) is 1. The monoisotopic (exact) mass is 325 g/mol. The fourth-order valence-electron chi connectivity index (χ4n) is 2.23. The highest BCUT2D eigenvalue weighted by atomic mass is 16.2. The second-order valence-corrected chi connectivity index (χ2v) is 5.95. The molecule has 0 aromatic heterocycles. The van der Waals surface area contributed by atoms with Crippen LogP contribution >= 0.6 is 0 Å². The Hall–Kier alpha value is -2.66. The summed E-state index contributed by atoms with van der Waals surface area (Å²) in [5.74, 6) is -0.187. The van der Waals surface area contributed by atoms with Crippen LogP contribution in [0.1, 0.15) is 11.1 Å². The van der Waals surface area contributed by atoms with Crippen LogP contribution in [0.2, 0.25) is 0 Å². The molecule has 0 spiro atoms. The highest BCUT2D eigenvalue weighted by Gasteiger charge is 2.14. The van der Waals surface area contributed by atoms with Gasteiger partial charge in [-0.2, -0.15) is 0 Å². The lowest BCUT2D eigenvalue weighted by atomic mass is 10.1. The van der Waals surface area contributed by atoms with Crippen LogP contribution in [0.3, 0.4) is 0 Å². The summed E-state index contributed by atoms with van der Waals surface area (Å²) >= 11 is 0. The number of nitrogens with one attached hydrogen (secondary N) is 1. The van der Waals surface area contributed by atoms with Crippen molar-refractivity contribution in [1.29, 1.82) is 0 Å². The molecule has 0 bridgehead atoms. The van der Waals surface area contributed by atoms with Crippen molar-refractivity contribution in [3.63, 3.8) is 0 Å². The normalized spacial score (nSPS) is 11.6. The van der Waals surface area contributed by atoms with Crippen LogP contribution in [0, 0.1) is 0 Å². The first kappa shape index (κ1) is 17.7. The largest absolute Gasteiger partial charge is 0.349 e. The predicted octanol–water partition coefficient (Wildman–Crippen LogP) is 1.83. The molecule has 24 heavy (non-hydrogen) atoms. The van der Waals surface area contributed by atoms with Crippen molar-refractivity contribution < 1.29 is 9.59 Å². The molecule has 0 saturated carbocycles. The van der Waals surface area contributed by atoms with Crippen LogP contribution in [-0.2, 0) is 22.4 Å². The molecule has 0 saturated heterocycles. The lowest BCUT2D eigenvalue weighted by Gasteiger charge is -2.13. The molecule has 0 aliphatic heterocycles. The molecule has 2 aromatic carbocycles. The van der Waals surface area contributed by atoms with E-state index in [1.807, 2.05) is 42.5 Å². The molecule has 5 heteroatoms. The average Bonchev–Trinajstić information content (AvgIpc) is 2.57. The summed E-state index contributed by atoms with van der Waals surface area (Å²) in [5, 5.41) is 2.81. The molecule has 2 amide bonds. The third-order valence-electron chi connectivity index (χ3n) is 3.71. The minimum atomic E-state index is -0.609. The van der Waals surface area contributed by atoms with Gasteiger partial charge in [-0.05, 0) is 29.7 Å². The number of nitrogens with zero attached hydrogens (tertiary/aromatic N) is 1. The Morgan fingerprint density at radius 1 is 1.00 bits per heavy atom. The van der Waals surface area contributed by atoms with Crippen molar-refractivity contribution in [3.05, 3.63) is 65.7 Å². The van der Waals surface area contributed by atoms with Gasteiger partial charge in [0.25, 0.3) is 0 Å². The van der Waals surface area contributed by atoms with E-state index in [1.165, 1.54) is 0 Å². The van der Waals surface area contributed by atoms with Crippen molar-refractivity contribution in [2.45, 2.75) is 18.9 Å².